The average molecular weight is 284 g/mol. The summed E-state index contributed by atoms with van der Waals surface area (Å²) in [6, 6.07) is 0. The van der Waals surface area contributed by atoms with E-state index >= 15 is 0 Å². The molecule has 0 aromatic heterocycles. The van der Waals surface area contributed by atoms with Gasteiger partial charge in [-0.3, -0.25) is 0 Å². The second-order valence-corrected chi connectivity index (χ2v) is 8.58. The zero-order valence-corrected chi connectivity index (χ0v) is 13.8. The monoisotopic (exact) mass is 283 g/mol. The Hall–Kier alpha value is 0.310. The van der Waals surface area contributed by atoms with Gasteiger partial charge in [-0.05, 0) is 50.0 Å². The van der Waals surface area contributed by atoms with Crippen molar-refractivity contribution in [1.29, 1.82) is 0 Å². The van der Waals surface area contributed by atoms with Crippen LogP contribution in [0.2, 0.25) is 0 Å². The van der Waals surface area contributed by atoms with E-state index in [1.54, 1.807) is 0 Å². The number of thioether (sulfide) groups is 1. The molecule has 2 N–H and O–H groups in total. The van der Waals surface area contributed by atoms with Crippen LogP contribution in [0.3, 0.4) is 0 Å². The van der Waals surface area contributed by atoms with Gasteiger partial charge < -0.3 is 5.73 Å². The third-order valence-electron chi connectivity index (χ3n) is 5.29. The Balaban J connectivity index is 1.86. The Labute approximate surface area is 124 Å². The highest BCUT2D eigenvalue weighted by molar-refractivity contribution is 8.00. The van der Waals surface area contributed by atoms with Crippen LogP contribution in [0.4, 0.5) is 0 Å². The van der Waals surface area contributed by atoms with E-state index in [0.29, 0.717) is 0 Å². The van der Waals surface area contributed by atoms with Gasteiger partial charge in [0.2, 0.25) is 0 Å². The fraction of sp³-hybridized carbons (Fsp3) is 1.00. The largest absolute Gasteiger partial charge is 0.330 e. The van der Waals surface area contributed by atoms with Crippen molar-refractivity contribution >= 4 is 11.8 Å². The van der Waals surface area contributed by atoms with Crippen LogP contribution in [0.5, 0.6) is 0 Å². The Morgan fingerprint density at radius 2 is 1.95 bits per heavy atom. The third-order valence-corrected chi connectivity index (χ3v) is 7.03. The molecule has 0 aliphatic heterocycles. The van der Waals surface area contributed by atoms with E-state index in [4.69, 9.17) is 5.73 Å². The van der Waals surface area contributed by atoms with E-state index in [2.05, 4.69) is 25.6 Å². The van der Waals surface area contributed by atoms with E-state index in [0.717, 1.165) is 34.8 Å². The molecule has 0 aromatic rings. The minimum atomic E-state index is 0.801. The molecule has 0 radical (unpaired) electrons. The molecule has 0 spiro atoms. The zero-order valence-electron chi connectivity index (χ0n) is 12.9. The van der Waals surface area contributed by atoms with Crippen molar-refractivity contribution in [2.45, 2.75) is 82.1 Å². The van der Waals surface area contributed by atoms with Gasteiger partial charge in [0.15, 0.2) is 0 Å². The van der Waals surface area contributed by atoms with Crippen LogP contribution in [-0.2, 0) is 0 Å². The Morgan fingerprint density at radius 1 is 1.11 bits per heavy atom. The maximum Gasteiger partial charge on any atom is 0.00927 e. The molecule has 5 unspecified atom stereocenters. The lowest BCUT2D eigenvalue weighted by Gasteiger charge is -2.38. The smallest absolute Gasteiger partial charge is 0.00927 e. The van der Waals surface area contributed by atoms with Gasteiger partial charge in [0.1, 0.15) is 0 Å². The maximum absolute atomic E-state index is 6.03. The van der Waals surface area contributed by atoms with E-state index in [1.807, 2.05) is 0 Å². The zero-order chi connectivity index (χ0) is 13.7. The van der Waals surface area contributed by atoms with Gasteiger partial charge in [-0.15, -0.1) is 0 Å². The Kier molecular flexibility index (Phi) is 6.55. The summed E-state index contributed by atoms with van der Waals surface area (Å²) in [5.41, 5.74) is 6.03. The normalized spacial score (nSPS) is 40.3. The average Bonchev–Trinajstić information content (AvgIpc) is 2.39. The van der Waals surface area contributed by atoms with Crippen LogP contribution < -0.4 is 5.73 Å². The van der Waals surface area contributed by atoms with Gasteiger partial charge in [0.25, 0.3) is 0 Å². The van der Waals surface area contributed by atoms with E-state index in [9.17, 15) is 0 Å². The highest BCUT2D eigenvalue weighted by Gasteiger charge is 2.32. The Morgan fingerprint density at radius 3 is 2.63 bits per heavy atom. The molecule has 112 valence electrons. The molecule has 0 heterocycles. The van der Waals surface area contributed by atoms with Gasteiger partial charge in [-0.25, -0.2) is 0 Å². The molecule has 5 atom stereocenters. The van der Waals surface area contributed by atoms with Gasteiger partial charge in [0, 0.05) is 10.5 Å². The lowest BCUT2D eigenvalue weighted by Crippen LogP contribution is -2.34. The van der Waals surface area contributed by atoms with E-state index in [-0.39, 0.29) is 0 Å². The molecule has 0 saturated heterocycles. The van der Waals surface area contributed by atoms with Crippen LogP contribution in [-0.4, -0.2) is 17.0 Å². The summed E-state index contributed by atoms with van der Waals surface area (Å²) in [5, 5.41) is 1.80. The SMILES string of the molecule is CCCC1CCC(CN)C(SC2CCCC(C)C2)C1. The number of nitrogens with two attached hydrogens (primary N) is 1. The predicted octanol–water partition coefficient (Wildman–Crippen LogP) is 4.84. The van der Waals surface area contributed by atoms with Crippen molar-refractivity contribution in [1.82, 2.24) is 0 Å². The van der Waals surface area contributed by atoms with Crippen LogP contribution in [0.1, 0.15) is 71.6 Å². The molecule has 19 heavy (non-hydrogen) atoms. The molecule has 0 aromatic carbocycles. The standard InChI is InChI=1S/C17H33NS/c1-3-5-14-8-9-15(12-18)17(11-14)19-16-7-4-6-13(2)10-16/h13-17H,3-12,18H2,1-2H3. The number of hydrogen-bond donors (Lipinski definition) is 1. The molecule has 2 rings (SSSR count). The van der Waals surface area contributed by atoms with Crippen LogP contribution >= 0.6 is 11.8 Å². The quantitative estimate of drug-likeness (QED) is 0.781. The second-order valence-electron chi connectivity index (χ2n) is 7.03. The fourth-order valence-electron chi connectivity index (χ4n) is 4.13. The molecule has 1 nitrogen and oxygen atoms in total. The molecular weight excluding hydrogens is 250 g/mol. The van der Waals surface area contributed by atoms with Crippen LogP contribution in [0, 0.1) is 17.8 Å². The molecule has 2 aliphatic carbocycles. The Bertz CT molecular complexity index is 256. The lowest BCUT2D eigenvalue weighted by atomic mass is 9.80. The molecule has 0 bridgehead atoms. The van der Waals surface area contributed by atoms with Crippen LogP contribution in [0.25, 0.3) is 0 Å². The molecule has 2 heteroatoms. The minimum Gasteiger partial charge on any atom is -0.330 e. The summed E-state index contributed by atoms with van der Waals surface area (Å²) in [4.78, 5) is 0. The first-order chi connectivity index (χ1) is 9.22. The first-order valence-electron chi connectivity index (χ1n) is 8.58. The molecule has 2 aliphatic rings. The summed E-state index contributed by atoms with van der Waals surface area (Å²) >= 11 is 2.33. The van der Waals surface area contributed by atoms with Crippen molar-refractivity contribution in [3.8, 4) is 0 Å². The molecular formula is C17H33NS. The predicted molar refractivity (Wildman–Crippen MR) is 87.6 cm³/mol. The van der Waals surface area contributed by atoms with Crippen molar-refractivity contribution in [2.24, 2.45) is 23.5 Å². The van der Waals surface area contributed by atoms with Crippen molar-refractivity contribution < 1.29 is 0 Å². The summed E-state index contributed by atoms with van der Waals surface area (Å²) in [7, 11) is 0. The molecule has 0 amide bonds. The van der Waals surface area contributed by atoms with Gasteiger partial charge >= 0.3 is 0 Å². The van der Waals surface area contributed by atoms with Crippen molar-refractivity contribution in [3.63, 3.8) is 0 Å². The lowest BCUT2D eigenvalue weighted by molar-refractivity contribution is 0.274. The topological polar surface area (TPSA) is 26.0 Å². The highest BCUT2D eigenvalue weighted by Crippen LogP contribution is 2.43. The minimum absolute atomic E-state index is 0.801. The van der Waals surface area contributed by atoms with Gasteiger partial charge in [0.05, 0.1) is 0 Å². The number of hydrogen-bond acceptors (Lipinski definition) is 2. The van der Waals surface area contributed by atoms with Crippen LogP contribution in [0.15, 0.2) is 0 Å². The van der Waals surface area contributed by atoms with Gasteiger partial charge in [-0.1, -0.05) is 46.0 Å². The summed E-state index contributed by atoms with van der Waals surface area (Å²) in [6.45, 7) is 5.69. The third kappa shape index (κ3) is 4.67. The fourth-order valence-corrected chi connectivity index (χ4v) is 6.22. The first-order valence-corrected chi connectivity index (χ1v) is 9.52. The highest BCUT2D eigenvalue weighted by atomic mass is 32.2. The second kappa shape index (κ2) is 7.93. The van der Waals surface area contributed by atoms with Crippen molar-refractivity contribution in [2.75, 3.05) is 6.54 Å². The van der Waals surface area contributed by atoms with E-state index < -0.39 is 0 Å². The first kappa shape index (κ1) is 15.7. The maximum atomic E-state index is 6.03. The van der Waals surface area contributed by atoms with Crippen molar-refractivity contribution in [3.05, 3.63) is 0 Å². The van der Waals surface area contributed by atoms with E-state index in [1.165, 1.54) is 57.8 Å². The summed E-state index contributed by atoms with van der Waals surface area (Å²) in [6.07, 6.45) is 12.9. The van der Waals surface area contributed by atoms with Gasteiger partial charge in [-0.2, -0.15) is 11.8 Å². The summed E-state index contributed by atoms with van der Waals surface area (Å²) < 4.78 is 0. The molecule has 2 fully saturated rings. The summed E-state index contributed by atoms with van der Waals surface area (Å²) in [5.74, 6) is 2.75. The number of rotatable bonds is 5. The molecule has 2 saturated carbocycles.